The van der Waals surface area contributed by atoms with Crippen molar-refractivity contribution in [2.45, 2.75) is 44.9 Å². The summed E-state index contributed by atoms with van der Waals surface area (Å²) in [7, 11) is 1.68. The zero-order valence-corrected chi connectivity index (χ0v) is 23.2. The van der Waals surface area contributed by atoms with E-state index in [4.69, 9.17) is 4.74 Å². The van der Waals surface area contributed by atoms with Gasteiger partial charge in [-0.3, -0.25) is 4.90 Å². The van der Waals surface area contributed by atoms with Gasteiger partial charge in [0, 0.05) is 36.4 Å². The lowest BCUT2D eigenvalue weighted by atomic mass is 9.93. The molecule has 15 heteroatoms. The van der Waals surface area contributed by atoms with Gasteiger partial charge in [-0.15, -0.1) is 13.2 Å². The number of alkyl halides is 5. The third-order valence-electron chi connectivity index (χ3n) is 7.26. The molecule has 1 aliphatic rings. The van der Waals surface area contributed by atoms with Gasteiger partial charge in [-0.2, -0.15) is 8.78 Å². The molecule has 0 aliphatic carbocycles. The maximum atomic E-state index is 14.3. The minimum atomic E-state index is -4.93. The summed E-state index contributed by atoms with van der Waals surface area (Å²) in [6.45, 7) is -1.66. The van der Waals surface area contributed by atoms with Crippen LogP contribution in [0.25, 0.3) is 11.0 Å². The van der Waals surface area contributed by atoms with Crippen molar-refractivity contribution >= 4 is 17.0 Å². The molecule has 0 unspecified atom stereocenters. The number of ether oxygens (including phenoxy) is 3. The Bertz CT molecular complexity index is 1650. The molecule has 1 N–H and O–H groups in total. The maximum Gasteiger partial charge on any atom is 0.573 e. The molecule has 1 fully saturated rings. The second-order valence-corrected chi connectivity index (χ2v) is 10.2. The summed E-state index contributed by atoms with van der Waals surface area (Å²) in [4.78, 5) is 22.7. The number of fused-ring (bicyclic) bond motifs is 1. The molecule has 234 valence electrons. The molecule has 1 aliphatic heterocycles. The molecule has 0 spiro atoms. The van der Waals surface area contributed by atoms with Crippen LogP contribution in [0.5, 0.6) is 17.4 Å². The normalized spacial score (nSPS) is 14.7. The lowest BCUT2D eigenvalue weighted by molar-refractivity contribution is -0.274. The highest BCUT2D eigenvalue weighted by molar-refractivity contribution is 5.95. The number of carboxylic acid groups (broad SMARTS) is 1. The number of carboxylic acids is 1. The molecule has 0 saturated carbocycles. The first-order valence-corrected chi connectivity index (χ1v) is 13.4. The van der Waals surface area contributed by atoms with Crippen molar-refractivity contribution in [1.82, 2.24) is 19.4 Å². The van der Waals surface area contributed by atoms with Gasteiger partial charge in [-0.05, 0) is 56.3 Å². The number of hydrogen-bond acceptors (Lipinski definition) is 7. The van der Waals surface area contributed by atoms with E-state index >= 15 is 0 Å². The Morgan fingerprint density at radius 2 is 1.84 bits per heavy atom. The molecule has 0 amide bonds. The fourth-order valence-electron chi connectivity index (χ4n) is 5.07. The van der Waals surface area contributed by atoms with Gasteiger partial charge in [0.15, 0.2) is 5.75 Å². The predicted octanol–water partition coefficient (Wildman–Crippen LogP) is 6.26. The molecule has 2 aromatic heterocycles. The number of nitrogens with zero attached hydrogens (tertiary/aromatic N) is 4. The largest absolute Gasteiger partial charge is 0.573 e. The van der Waals surface area contributed by atoms with Crippen LogP contribution in [-0.2, 0) is 20.2 Å². The van der Waals surface area contributed by atoms with Crippen molar-refractivity contribution in [2.24, 2.45) is 7.05 Å². The van der Waals surface area contributed by atoms with E-state index in [1.54, 1.807) is 23.7 Å². The molecule has 3 heterocycles. The highest BCUT2D eigenvalue weighted by Crippen LogP contribution is 2.32. The predicted molar refractivity (Wildman–Crippen MR) is 143 cm³/mol. The average molecular weight is 625 g/mol. The van der Waals surface area contributed by atoms with Crippen molar-refractivity contribution in [3.63, 3.8) is 0 Å². The van der Waals surface area contributed by atoms with E-state index in [9.17, 15) is 36.2 Å². The summed E-state index contributed by atoms with van der Waals surface area (Å²) >= 11 is 0. The number of pyridine rings is 1. The van der Waals surface area contributed by atoms with Crippen LogP contribution in [0.3, 0.4) is 0 Å². The van der Waals surface area contributed by atoms with Gasteiger partial charge in [0.25, 0.3) is 0 Å². The number of carbonyl (C=O) groups is 1. The number of aromatic carboxylic acids is 1. The summed E-state index contributed by atoms with van der Waals surface area (Å²) in [6.07, 6.45) is -3.46. The van der Waals surface area contributed by atoms with Gasteiger partial charge >= 0.3 is 18.9 Å². The van der Waals surface area contributed by atoms with E-state index in [1.165, 1.54) is 6.07 Å². The first kappa shape index (κ1) is 30.9. The molecular weight excluding hydrogens is 598 g/mol. The summed E-state index contributed by atoms with van der Waals surface area (Å²) < 4.78 is 92.9. The summed E-state index contributed by atoms with van der Waals surface area (Å²) in [5.74, 6) is -2.27. The zero-order valence-electron chi connectivity index (χ0n) is 23.2. The number of imidazole rings is 1. The van der Waals surface area contributed by atoms with Gasteiger partial charge in [0.05, 0.1) is 17.6 Å². The SMILES string of the molecule is Cn1c(CN2CCC(c3cccc(OCc4ccc(OC(F)(F)F)cc4F)n3)CC2)nc2c(OC(F)F)cc(C(=O)O)cc21. The molecule has 5 rings (SSSR count). The Morgan fingerprint density at radius 3 is 2.50 bits per heavy atom. The Balaban J connectivity index is 1.20. The maximum absolute atomic E-state index is 14.3. The van der Waals surface area contributed by atoms with Crippen molar-refractivity contribution in [3.05, 3.63) is 77.0 Å². The van der Waals surface area contributed by atoms with Crippen molar-refractivity contribution < 1.29 is 50.5 Å². The topological polar surface area (TPSA) is 98.9 Å². The molecule has 9 nitrogen and oxygen atoms in total. The van der Waals surface area contributed by atoms with Crippen molar-refractivity contribution in [1.29, 1.82) is 0 Å². The molecule has 0 atom stereocenters. The Morgan fingerprint density at radius 1 is 1.09 bits per heavy atom. The second kappa shape index (κ2) is 12.6. The third kappa shape index (κ3) is 7.33. The van der Waals surface area contributed by atoms with Crippen LogP contribution in [0, 0.1) is 5.82 Å². The molecule has 2 aromatic carbocycles. The first-order valence-electron chi connectivity index (χ1n) is 13.4. The van der Waals surface area contributed by atoms with Gasteiger partial charge in [-0.1, -0.05) is 6.07 Å². The number of aryl methyl sites for hydroxylation is 1. The standard InChI is InChI=1S/C29H26F6N4O5/c1-38-22-11-18(27(40)41)12-23(43-28(31)32)26(22)37-24(38)14-39-9-7-16(8-10-39)21-3-2-4-25(36-21)42-15-17-5-6-19(13-20(17)30)44-29(33,34)35/h2-6,11-13,16,28H,7-10,14-15H2,1H3,(H,40,41). The average Bonchev–Trinajstić information content (AvgIpc) is 3.27. The zero-order chi connectivity index (χ0) is 31.6. The quantitative estimate of drug-likeness (QED) is 0.207. The minimum Gasteiger partial charge on any atom is -0.478 e. The number of benzene rings is 2. The van der Waals surface area contributed by atoms with Crippen molar-refractivity contribution in [3.8, 4) is 17.4 Å². The van der Waals surface area contributed by atoms with E-state index in [0.717, 1.165) is 36.7 Å². The van der Waals surface area contributed by atoms with Crippen molar-refractivity contribution in [2.75, 3.05) is 13.1 Å². The third-order valence-corrected chi connectivity index (χ3v) is 7.26. The number of halogens is 6. The van der Waals surface area contributed by atoms with Crippen LogP contribution in [0.1, 0.15) is 46.2 Å². The second-order valence-electron chi connectivity index (χ2n) is 10.2. The molecule has 1 saturated heterocycles. The smallest absolute Gasteiger partial charge is 0.478 e. The Hall–Kier alpha value is -4.53. The summed E-state index contributed by atoms with van der Waals surface area (Å²) in [6, 6.07) is 10.4. The van der Waals surface area contributed by atoms with Crippen LogP contribution >= 0.6 is 0 Å². The van der Waals surface area contributed by atoms with Gasteiger partial charge in [0.2, 0.25) is 5.88 Å². The van der Waals surface area contributed by atoms with Gasteiger partial charge in [0.1, 0.15) is 29.5 Å². The van der Waals surface area contributed by atoms with E-state index in [2.05, 4.69) is 24.3 Å². The lowest BCUT2D eigenvalue weighted by Crippen LogP contribution is -2.33. The molecule has 0 bridgehead atoms. The number of piperidine rings is 1. The minimum absolute atomic E-state index is 0.0362. The lowest BCUT2D eigenvalue weighted by Gasteiger charge is -2.31. The highest BCUT2D eigenvalue weighted by atomic mass is 19.4. The number of rotatable bonds is 10. The highest BCUT2D eigenvalue weighted by Gasteiger charge is 2.31. The van der Waals surface area contributed by atoms with E-state index in [1.807, 2.05) is 6.07 Å². The van der Waals surface area contributed by atoms with Crippen LogP contribution in [0.2, 0.25) is 0 Å². The van der Waals surface area contributed by atoms with Crippen LogP contribution < -0.4 is 14.2 Å². The number of aromatic nitrogens is 3. The number of hydrogen-bond donors (Lipinski definition) is 1. The summed E-state index contributed by atoms with van der Waals surface area (Å²) in [5.41, 5.74) is 1.12. The van der Waals surface area contributed by atoms with Gasteiger partial charge in [-0.25, -0.2) is 19.2 Å². The first-order chi connectivity index (χ1) is 20.9. The Kier molecular flexibility index (Phi) is 8.85. The fourth-order valence-corrected chi connectivity index (χ4v) is 5.07. The fraction of sp³-hybridized carbons (Fsp3) is 0.345. The van der Waals surface area contributed by atoms with Crippen LogP contribution in [0.4, 0.5) is 26.3 Å². The van der Waals surface area contributed by atoms with Gasteiger partial charge < -0.3 is 23.9 Å². The number of likely N-dealkylation sites (tertiary alicyclic amines) is 1. The van der Waals surface area contributed by atoms with E-state index < -0.39 is 30.5 Å². The molecule has 0 radical (unpaired) electrons. The van der Waals surface area contributed by atoms with Crippen LogP contribution in [0.15, 0.2) is 48.5 Å². The van der Waals surface area contributed by atoms with E-state index in [-0.39, 0.29) is 40.8 Å². The monoisotopic (exact) mass is 624 g/mol. The molecule has 44 heavy (non-hydrogen) atoms. The Labute approximate surface area is 246 Å². The van der Waals surface area contributed by atoms with Crippen LogP contribution in [-0.4, -0.2) is 56.6 Å². The molecule has 4 aromatic rings. The molecular formula is C29H26F6N4O5. The summed E-state index contributed by atoms with van der Waals surface area (Å²) in [5, 5.41) is 9.39. The van der Waals surface area contributed by atoms with E-state index in [0.29, 0.717) is 37.0 Å².